The summed E-state index contributed by atoms with van der Waals surface area (Å²) in [4.78, 5) is 26.0. The Morgan fingerprint density at radius 1 is 1.38 bits per heavy atom. The highest BCUT2D eigenvalue weighted by Crippen LogP contribution is 2.64. The van der Waals surface area contributed by atoms with Gasteiger partial charge in [0.05, 0.1) is 13.2 Å². The molecule has 1 heterocycles. The monoisotopic (exact) mass is 299 g/mol. The zero-order chi connectivity index (χ0) is 16.0. The topological polar surface area (TPSA) is 76.1 Å². The van der Waals surface area contributed by atoms with Crippen LogP contribution in [0.5, 0.6) is 0 Å². The first-order valence-electron chi connectivity index (χ1n) is 7.46. The highest BCUT2D eigenvalue weighted by Gasteiger charge is 2.73. The van der Waals surface area contributed by atoms with E-state index >= 15 is 0 Å². The van der Waals surface area contributed by atoms with E-state index in [9.17, 15) is 14.7 Å². The first kappa shape index (κ1) is 16.1. The van der Waals surface area contributed by atoms with Crippen LogP contribution in [0.4, 0.5) is 4.79 Å². The molecule has 1 aliphatic heterocycles. The first-order valence-corrected chi connectivity index (χ1v) is 7.46. The number of esters is 1. The van der Waals surface area contributed by atoms with E-state index in [1.54, 1.807) is 27.7 Å². The van der Waals surface area contributed by atoms with Crippen LogP contribution in [0.2, 0.25) is 0 Å². The van der Waals surface area contributed by atoms with Crippen LogP contribution < -0.4 is 0 Å². The van der Waals surface area contributed by atoms with Gasteiger partial charge < -0.3 is 14.6 Å². The predicted octanol–water partition coefficient (Wildman–Crippen LogP) is 1.56. The molecule has 1 amide bonds. The Kier molecular flexibility index (Phi) is 3.95. The highest BCUT2D eigenvalue weighted by atomic mass is 16.6. The van der Waals surface area contributed by atoms with E-state index in [0.29, 0.717) is 6.42 Å². The van der Waals surface area contributed by atoms with Crippen molar-refractivity contribution in [1.82, 2.24) is 4.90 Å². The quantitative estimate of drug-likeness (QED) is 0.800. The van der Waals surface area contributed by atoms with E-state index in [1.807, 2.05) is 6.92 Å². The molecule has 2 aliphatic rings. The number of carbonyl (C=O) groups is 2. The van der Waals surface area contributed by atoms with E-state index in [1.165, 1.54) is 4.90 Å². The highest BCUT2D eigenvalue weighted by molar-refractivity contribution is 5.84. The van der Waals surface area contributed by atoms with Crippen molar-refractivity contribution in [3.05, 3.63) is 0 Å². The second-order valence-electron chi connectivity index (χ2n) is 6.98. The van der Waals surface area contributed by atoms with Gasteiger partial charge >= 0.3 is 12.1 Å². The van der Waals surface area contributed by atoms with E-state index in [4.69, 9.17) is 9.47 Å². The Balaban J connectivity index is 2.21. The van der Waals surface area contributed by atoms with Crippen molar-refractivity contribution in [2.45, 2.75) is 58.7 Å². The summed E-state index contributed by atoms with van der Waals surface area (Å²) in [5, 5.41) is 9.67. The molecule has 1 saturated heterocycles. The van der Waals surface area contributed by atoms with Crippen molar-refractivity contribution in [3.63, 3.8) is 0 Å². The van der Waals surface area contributed by atoms with Gasteiger partial charge in [0.2, 0.25) is 0 Å². The summed E-state index contributed by atoms with van der Waals surface area (Å²) in [6.45, 7) is 9.31. The molecule has 2 rings (SSSR count). The number of hydrogen-bond acceptors (Lipinski definition) is 5. The van der Waals surface area contributed by atoms with Gasteiger partial charge in [0.15, 0.2) is 0 Å². The van der Waals surface area contributed by atoms with Crippen molar-refractivity contribution in [3.8, 4) is 0 Å². The molecule has 1 N–H and O–H groups in total. The number of amides is 1. The second kappa shape index (κ2) is 5.16. The number of rotatable bonds is 3. The fourth-order valence-corrected chi connectivity index (χ4v) is 3.44. The number of fused-ring (bicyclic) bond motifs is 1. The van der Waals surface area contributed by atoms with Gasteiger partial charge in [0, 0.05) is 11.5 Å². The zero-order valence-electron chi connectivity index (χ0n) is 13.4. The lowest BCUT2D eigenvalue weighted by Crippen LogP contribution is -2.47. The maximum absolute atomic E-state index is 12.4. The Bertz CT molecular complexity index is 444. The smallest absolute Gasteiger partial charge is 0.411 e. The number of ether oxygens (including phenoxy) is 2. The lowest BCUT2D eigenvalue weighted by molar-refractivity contribution is -0.149. The lowest BCUT2D eigenvalue weighted by Gasteiger charge is -2.30. The molecular formula is C15H25NO5. The maximum Gasteiger partial charge on any atom is 0.411 e. The third-order valence-electron chi connectivity index (χ3n) is 4.53. The third kappa shape index (κ3) is 2.61. The standard InChI is InChI=1S/C15H25NO5/c1-6-20-12(18)10-7-15(8-17)9(2)11(15)16(10)13(19)21-14(3,4)5/h9-11,17H,6-8H2,1-5H3/t9-,10+,11+,15+/m1/s1. The molecule has 1 saturated carbocycles. The number of carbonyl (C=O) groups excluding carboxylic acids is 2. The average Bonchev–Trinajstić information content (AvgIpc) is 2.79. The number of likely N-dealkylation sites (tertiary alicyclic amines) is 1. The predicted molar refractivity (Wildman–Crippen MR) is 75.6 cm³/mol. The van der Waals surface area contributed by atoms with E-state index in [-0.39, 0.29) is 30.6 Å². The Morgan fingerprint density at radius 2 is 2.00 bits per heavy atom. The Labute approximate surface area is 125 Å². The van der Waals surface area contributed by atoms with Crippen LogP contribution in [0.1, 0.15) is 41.0 Å². The summed E-state index contributed by atoms with van der Waals surface area (Å²) in [5.74, 6) is -0.253. The zero-order valence-corrected chi connectivity index (χ0v) is 13.4. The van der Waals surface area contributed by atoms with Gasteiger partial charge in [-0.3, -0.25) is 4.90 Å². The van der Waals surface area contributed by atoms with Gasteiger partial charge in [-0.15, -0.1) is 0 Å². The van der Waals surface area contributed by atoms with Gasteiger partial charge in [-0.05, 0) is 40.0 Å². The number of nitrogens with zero attached hydrogens (tertiary/aromatic N) is 1. The van der Waals surface area contributed by atoms with Crippen LogP contribution in [0.15, 0.2) is 0 Å². The summed E-state index contributed by atoms with van der Waals surface area (Å²) in [5.41, 5.74) is -1.01. The van der Waals surface area contributed by atoms with Gasteiger partial charge in [0.1, 0.15) is 11.6 Å². The molecule has 0 aromatic carbocycles. The maximum atomic E-state index is 12.4. The SMILES string of the molecule is CCOC(=O)[C@@H]1C[C@]2(CO)[C@H](C)[C@@H]2N1C(=O)OC(C)(C)C. The minimum atomic E-state index is -0.659. The third-order valence-corrected chi connectivity index (χ3v) is 4.53. The normalized spacial score (nSPS) is 34.4. The number of aliphatic hydroxyl groups is 1. The number of aliphatic hydroxyl groups excluding tert-OH is 1. The van der Waals surface area contributed by atoms with Crippen LogP contribution in [0.3, 0.4) is 0 Å². The average molecular weight is 299 g/mol. The van der Waals surface area contributed by atoms with Crippen LogP contribution in [-0.4, -0.2) is 53.0 Å². The molecular weight excluding hydrogens is 274 g/mol. The fraction of sp³-hybridized carbons (Fsp3) is 0.867. The first-order chi connectivity index (χ1) is 9.68. The molecule has 4 atom stereocenters. The van der Waals surface area contributed by atoms with Gasteiger partial charge in [-0.25, -0.2) is 9.59 Å². The summed E-state index contributed by atoms with van der Waals surface area (Å²) >= 11 is 0. The molecule has 0 bridgehead atoms. The summed E-state index contributed by atoms with van der Waals surface area (Å²) < 4.78 is 10.5. The van der Waals surface area contributed by atoms with Crippen molar-refractivity contribution >= 4 is 12.1 Å². The summed E-state index contributed by atoms with van der Waals surface area (Å²) in [6, 6.07) is -0.806. The molecule has 0 aromatic heterocycles. The minimum Gasteiger partial charge on any atom is -0.464 e. The number of hydrogen-bond donors (Lipinski definition) is 1. The molecule has 0 radical (unpaired) electrons. The van der Waals surface area contributed by atoms with Gasteiger partial charge in [-0.1, -0.05) is 6.92 Å². The van der Waals surface area contributed by atoms with Crippen molar-refractivity contribution in [1.29, 1.82) is 0 Å². The number of piperidine rings is 1. The Morgan fingerprint density at radius 3 is 2.48 bits per heavy atom. The summed E-state index contributed by atoms with van der Waals surface area (Å²) in [6.07, 6.45) is -0.0711. The second-order valence-corrected chi connectivity index (χ2v) is 6.98. The molecule has 2 fully saturated rings. The van der Waals surface area contributed by atoms with Crippen LogP contribution >= 0.6 is 0 Å². The largest absolute Gasteiger partial charge is 0.464 e. The van der Waals surface area contributed by atoms with Crippen LogP contribution in [0, 0.1) is 11.3 Å². The molecule has 21 heavy (non-hydrogen) atoms. The molecule has 1 aliphatic carbocycles. The minimum absolute atomic E-state index is 0.0337. The fourth-order valence-electron chi connectivity index (χ4n) is 3.44. The van der Waals surface area contributed by atoms with Crippen molar-refractivity contribution < 1.29 is 24.2 Å². The van der Waals surface area contributed by atoms with Gasteiger partial charge in [0.25, 0.3) is 0 Å². The van der Waals surface area contributed by atoms with E-state index < -0.39 is 23.7 Å². The lowest BCUT2D eigenvalue weighted by atomic mass is 9.97. The molecule has 6 nitrogen and oxygen atoms in total. The summed E-state index contributed by atoms with van der Waals surface area (Å²) in [7, 11) is 0. The Hall–Kier alpha value is -1.30. The van der Waals surface area contributed by atoms with Gasteiger partial charge in [-0.2, -0.15) is 0 Å². The molecule has 6 heteroatoms. The molecule has 120 valence electrons. The van der Waals surface area contributed by atoms with Crippen molar-refractivity contribution in [2.75, 3.05) is 13.2 Å². The molecule has 0 aromatic rings. The molecule has 0 unspecified atom stereocenters. The van der Waals surface area contributed by atoms with E-state index in [2.05, 4.69) is 0 Å². The van der Waals surface area contributed by atoms with Crippen molar-refractivity contribution in [2.24, 2.45) is 11.3 Å². The van der Waals surface area contributed by atoms with Crippen LogP contribution in [-0.2, 0) is 14.3 Å². The van der Waals surface area contributed by atoms with Crippen LogP contribution in [0.25, 0.3) is 0 Å². The molecule has 0 spiro atoms. The van der Waals surface area contributed by atoms with E-state index in [0.717, 1.165) is 0 Å².